The Morgan fingerprint density at radius 2 is 1.93 bits per heavy atom. The molecule has 2 bridgehead atoms. The number of fused-ring (bicyclic) bond motifs is 4. The summed E-state index contributed by atoms with van der Waals surface area (Å²) in [6.07, 6.45) is 12.0. The van der Waals surface area contributed by atoms with E-state index in [1.54, 1.807) is 19.4 Å². The molecular formula is C48H66N6O5S. The first-order valence-electron chi connectivity index (χ1n) is 22.3. The van der Waals surface area contributed by atoms with Crippen molar-refractivity contribution in [2.45, 2.75) is 103 Å². The average molecular weight is 839 g/mol. The van der Waals surface area contributed by atoms with Crippen LogP contribution in [0.25, 0.3) is 0 Å². The number of piperazine rings is 1. The molecule has 12 heteroatoms. The van der Waals surface area contributed by atoms with Crippen molar-refractivity contribution in [1.29, 1.82) is 0 Å². The van der Waals surface area contributed by atoms with Gasteiger partial charge in [-0.2, -0.15) is 0 Å². The molecule has 1 unspecified atom stereocenters. The highest BCUT2D eigenvalue weighted by Gasteiger charge is 2.44. The zero-order valence-electron chi connectivity index (χ0n) is 36.8. The van der Waals surface area contributed by atoms with Crippen molar-refractivity contribution < 1.29 is 23.3 Å². The van der Waals surface area contributed by atoms with Crippen molar-refractivity contribution in [2.24, 2.45) is 29.2 Å². The quantitative estimate of drug-likeness (QED) is 0.258. The average Bonchev–Trinajstić information content (AvgIpc) is 3.48. The monoisotopic (exact) mass is 838 g/mol. The summed E-state index contributed by atoms with van der Waals surface area (Å²) in [7, 11) is 0.177. The van der Waals surface area contributed by atoms with Crippen LogP contribution in [-0.4, -0.2) is 101 Å². The lowest BCUT2D eigenvalue weighted by Gasteiger charge is -2.46. The molecule has 1 saturated heterocycles. The highest BCUT2D eigenvalue weighted by molar-refractivity contribution is 7.92. The van der Waals surface area contributed by atoms with E-state index < -0.39 is 21.7 Å². The maximum absolute atomic E-state index is 14.9. The van der Waals surface area contributed by atoms with Crippen LogP contribution in [0.2, 0.25) is 0 Å². The van der Waals surface area contributed by atoms with Gasteiger partial charge in [-0.1, -0.05) is 42.8 Å². The van der Waals surface area contributed by atoms with Crippen LogP contribution in [0, 0.1) is 24.7 Å². The van der Waals surface area contributed by atoms with Gasteiger partial charge in [0.2, 0.25) is 0 Å². The number of allylic oxidation sites excluding steroid dienone is 1. The van der Waals surface area contributed by atoms with Crippen LogP contribution in [0.5, 0.6) is 5.75 Å². The lowest BCUT2D eigenvalue weighted by molar-refractivity contribution is 0.0131. The first kappa shape index (κ1) is 42.7. The van der Waals surface area contributed by atoms with E-state index in [1.807, 2.05) is 36.7 Å². The van der Waals surface area contributed by atoms with Crippen LogP contribution in [0.3, 0.4) is 0 Å². The Morgan fingerprint density at radius 1 is 1.10 bits per heavy atom. The minimum atomic E-state index is -3.55. The van der Waals surface area contributed by atoms with Gasteiger partial charge in [-0.3, -0.25) is 24.1 Å². The summed E-state index contributed by atoms with van der Waals surface area (Å²) in [6, 6.07) is 15.2. The molecule has 2 aromatic carbocycles. The molecule has 1 N–H and O–H groups in total. The highest BCUT2D eigenvalue weighted by atomic mass is 32.2. The summed E-state index contributed by atoms with van der Waals surface area (Å²) in [5, 5.41) is 0. The molecule has 5 aliphatic rings. The minimum Gasteiger partial charge on any atom is -0.490 e. The zero-order chi connectivity index (χ0) is 42.3. The van der Waals surface area contributed by atoms with Crippen molar-refractivity contribution in [3.05, 3.63) is 94.3 Å². The SMILES string of the molecule is CO[C@H]1/C=C/C[C@H](C)CS(=O)(NC(=O)c2cc(CN3CCN(C(C)C)[C@H](C)C3)n(C)c2)=NC(=O)c2ccc3c(c2)N(C[C@@H]2CC[C@H]21)C[C@@]1(CCCc2cc(C)ccc21)CO3. The molecule has 8 rings (SSSR count). The Balaban J connectivity index is 1.11. The summed E-state index contributed by atoms with van der Waals surface area (Å²) < 4.78 is 37.0. The standard InChI is InChI=1S/C48H66N6O5S/c1-32(2)54-21-20-52(25-35(54)5)28-40-23-39(26-51(40)6)47(56)50-60(57)29-34(4)10-8-12-44(58-7)41-16-14-38(41)27-53-30-48(19-9-11-36-22-33(3)13-17-42(36)48)31-59-45-18-15-37(24-43(45)53)46(55)49-60/h8,12-13,15,17-18,22-24,26,32,34-35,38,41,44H,9-11,14,16,19-21,25,27-31H2,1-7H3,(H,49,50,55,56,57)/b12-8+/t34-,35+,38-,41+,44-,48-,60?/m0/s1. The van der Waals surface area contributed by atoms with Gasteiger partial charge in [0.1, 0.15) is 15.7 Å². The molecule has 2 aliphatic carbocycles. The lowest BCUT2D eigenvalue weighted by atomic mass is 9.68. The fraction of sp³-hybridized carbons (Fsp3) is 0.583. The molecule has 2 amide bonds. The Bertz CT molecular complexity index is 2240. The van der Waals surface area contributed by atoms with Crippen molar-refractivity contribution in [2.75, 3.05) is 57.1 Å². The number of amides is 2. The molecule has 1 spiro atoms. The van der Waals surface area contributed by atoms with Crippen LogP contribution in [0.4, 0.5) is 5.69 Å². The van der Waals surface area contributed by atoms with Gasteiger partial charge in [0.15, 0.2) is 0 Å². The fourth-order valence-electron chi connectivity index (χ4n) is 10.8. The second-order valence-corrected chi connectivity index (χ2v) is 21.0. The third-order valence-electron chi connectivity index (χ3n) is 14.1. The van der Waals surface area contributed by atoms with E-state index in [2.05, 4.69) is 81.8 Å². The maximum Gasteiger partial charge on any atom is 0.286 e. The lowest BCUT2D eigenvalue weighted by Crippen LogP contribution is -2.53. The Hall–Kier alpha value is -3.97. The smallest absolute Gasteiger partial charge is 0.286 e. The molecule has 324 valence electrons. The number of aromatic nitrogens is 1. The van der Waals surface area contributed by atoms with E-state index in [-0.39, 0.29) is 23.2 Å². The number of anilines is 1. The van der Waals surface area contributed by atoms with Crippen molar-refractivity contribution in [3.63, 3.8) is 0 Å². The number of nitrogens with zero attached hydrogens (tertiary/aromatic N) is 5. The molecular weight excluding hydrogens is 773 g/mol. The predicted molar refractivity (Wildman–Crippen MR) is 239 cm³/mol. The van der Waals surface area contributed by atoms with Gasteiger partial charge in [0, 0.05) is 88.4 Å². The normalized spacial score (nSPS) is 30.7. The van der Waals surface area contributed by atoms with Gasteiger partial charge in [0.05, 0.1) is 29.7 Å². The molecule has 3 aromatic rings. The first-order chi connectivity index (χ1) is 28.7. The first-order valence-corrected chi connectivity index (χ1v) is 24.0. The number of nitrogens with one attached hydrogen (secondary N) is 1. The van der Waals surface area contributed by atoms with Gasteiger partial charge in [-0.25, -0.2) is 4.21 Å². The van der Waals surface area contributed by atoms with E-state index in [0.717, 1.165) is 82.0 Å². The summed E-state index contributed by atoms with van der Waals surface area (Å²) in [5.74, 6) is 0.272. The van der Waals surface area contributed by atoms with Gasteiger partial charge in [-0.05, 0) is 119 Å². The molecule has 60 heavy (non-hydrogen) atoms. The zero-order valence-corrected chi connectivity index (χ0v) is 37.6. The van der Waals surface area contributed by atoms with E-state index >= 15 is 0 Å². The number of rotatable bonds is 6. The molecule has 3 aliphatic heterocycles. The second-order valence-electron chi connectivity index (χ2n) is 19.0. The molecule has 1 saturated carbocycles. The van der Waals surface area contributed by atoms with E-state index in [9.17, 15) is 13.8 Å². The summed E-state index contributed by atoms with van der Waals surface area (Å²) in [5.41, 5.74) is 6.41. The predicted octanol–water partition coefficient (Wildman–Crippen LogP) is 7.31. The Kier molecular flexibility index (Phi) is 12.4. The van der Waals surface area contributed by atoms with Crippen LogP contribution >= 0.6 is 0 Å². The number of carbonyl (C=O) groups is 2. The van der Waals surface area contributed by atoms with Gasteiger partial charge in [0.25, 0.3) is 11.8 Å². The number of aryl methyl sites for hydroxylation is 3. The number of ether oxygens (including phenoxy) is 2. The number of benzene rings is 2. The van der Waals surface area contributed by atoms with Crippen molar-refractivity contribution in [3.8, 4) is 5.75 Å². The maximum atomic E-state index is 14.9. The van der Waals surface area contributed by atoms with Gasteiger partial charge < -0.3 is 18.9 Å². The Labute approximate surface area is 358 Å². The number of methoxy groups -OCH3 is 1. The van der Waals surface area contributed by atoms with E-state index in [4.69, 9.17) is 9.47 Å². The van der Waals surface area contributed by atoms with Gasteiger partial charge >= 0.3 is 0 Å². The molecule has 2 fully saturated rings. The molecule has 7 atom stereocenters. The summed E-state index contributed by atoms with van der Waals surface area (Å²) in [6.45, 7) is 16.6. The summed E-state index contributed by atoms with van der Waals surface area (Å²) >= 11 is 0. The van der Waals surface area contributed by atoms with Gasteiger partial charge in [-0.15, -0.1) is 4.36 Å². The molecule has 11 nitrogen and oxygen atoms in total. The molecule has 4 heterocycles. The van der Waals surface area contributed by atoms with E-state index in [0.29, 0.717) is 54.6 Å². The van der Waals surface area contributed by atoms with Crippen LogP contribution in [0.1, 0.15) is 103 Å². The van der Waals surface area contributed by atoms with E-state index in [1.165, 1.54) is 16.7 Å². The number of hydrogen-bond acceptors (Lipinski definition) is 8. The molecule has 1 aromatic heterocycles. The summed E-state index contributed by atoms with van der Waals surface area (Å²) in [4.78, 5) is 35.7. The van der Waals surface area contributed by atoms with Crippen LogP contribution in [0.15, 0.2) is 65.2 Å². The second kappa shape index (κ2) is 17.4. The topological polar surface area (TPSA) is 109 Å². The minimum absolute atomic E-state index is 0.0256. The number of carbonyl (C=O) groups excluding carboxylic acids is 2. The molecule has 0 radical (unpaired) electrons. The highest BCUT2D eigenvalue weighted by Crippen LogP contribution is 2.47. The van der Waals surface area contributed by atoms with Crippen LogP contribution in [-0.2, 0) is 40.1 Å². The van der Waals surface area contributed by atoms with Crippen molar-refractivity contribution >= 4 is 27.4 Å². The fourth-order valence-corrected chi connectivity index (χ4v) is 12.7. The number of hydrogen-bond donors (Lipinski definition) is 1. The largest absolute Gasteiger partial charge is 0.490 e. The Morgan fingerprint density at radius 3 is 2.68 bits per heavy atom. The van der Waals surface area contributed by atoms with Crippen molar-refractivity contribution in [1.82, 2.24) is 19.1 Å². The third kappa shape index (κ3) is 8.85. The third-order valence-corrected chi connectivity index (χ3v) is 16.1. The van der Waals surface area contributed by atoms with Crippen LogP contribution < -0.4 is 14.4 Å².